The topological polar surface area (TPSA) is 79.0 Å². The number of nitrogens with zero attached hydrogens (tertiary/aromatic N) is 2. The molecule has 1 heterocycles. The van der Waals surface area contributed by atoms with Crippen molar-refractivity contribution in [3.8, 4) is 5.75 Å². The van der Waals surface area contributed by atoms with Gasteiger partial charge in [-0.1, -0.05) is 18.2 Å². The van der Waals surface area contributed by atoms with Crippen LogP contribution in [0.25, 0.3) is 0 Å². The Morgan fingerprint density at radius 1 is 1.09 bits per heavy atom. The lowest BCUT2D eigenvalue weighted by Crippen LogP contribution is -2.44. The molecule has 1 N–H and O–H groups in total. The molecule has 1 fully saturated rings. The van der Waals surface area contributed by atoms with Crippen LogP contribution in [0.2, 0.25) is 0 Å². The molecule has 1 saturated heterocycles. The molecule has 1 unspecified atom stereocenters. The van der Waals surface area contributed by atoms with E-state index in [-0.39, 0.29) is 17.9 Å². The Kier molecular flexibility index (Phi) is 7.60. The molecule has 1 amide bonds. The maximum Gasteiger partial charge on any atom is 0.243 e. The molecule has 2 aromatic carbocycles. The predicted octanol–water partition coefficient (Wildman–Crippen LogP) is 3.00. The van der Waals surface area contributed by atoms with Crippen molar-refractivity contribution in [1.82, 2.24) is 14.5 Å². The number of likely N-dealkylation sites (N-methyl/N-ethyl adjacent to an activating group) is 1. The van der Waals surface area contributed by atoms with Gasteiger partial charge in [-0.25, -0.2) is 8.42 Å². The summed E-state index contributed by atoms with van der Waals surface area (Å²) in [6, 6.07) is 13.4. The van der Waals surface area contributed by atoms with Crippen molar-refractivity contribution in [2.24, 2.45) is 5.92 Å². The van der Waals surface area contributed by atoms with Gasteiger partial charge in [0.05, 0.1) is 18.0 Å². The van der Waals surface area contributed by atoms with Crippen LogP contribution in [0.1, 0.15) is 42.0 Å². The molecule has 0 aromatic heterocycles. The number of amides is 1. The van der Waals surface area contributed by atoms with E-state index in [0.717, 1.165) is 36.1 Å². The van der Waals surface area contributed by atoms with E-state index in [0.29, 0.717) is 37.4 Å². The van der Waals surface area contributed by atoms with E-state index in [9.17, 15) is 13.2 Å². The Balaban J connectivity index is 1.33. The number of sulfonamides is 1. The molecule has 8 heteroatoms. The van der Waals surface area contributed by atoms with Crippen LogP contribution in [0.5, 0.6) is 5.75 Å². The van der Waals surface area contributed by atoms with Gasteiger partial charge in [-0.2, -0.15) is 4.31 Å². The number of nitrogens with one attached hydrogen (secondary N) is 1. The van der Waals surface area contributed by atoms with Gasteiger partial charge in [0.25, 0.3) is 0 Å². The van der Waals surface area contributed by atoms with Gasteiger partial charge in [-0.3, -0.25) is 4.79 Å². The molecule has 2 aliphatic rings. The Hall–Kier alpha value is -2.42. The summed E-state index contributed by atoms with van der Waals surface area (Å²) in [6.07, 6.45) is 4.14. The van der Waals surface area contributed by atoms with Gasteiger partial charge in [0, 0.05) is 25.6 Å². The van der Waals surface area contributed by atoms with Gasteiger partial charge in [0.15, 0.2) is 0 Å². The highest BCUT2D eigenvalue weighted by Crippen LogP contribution is 2.29. The van der Waals surface area contributed by atoms with Crippen LogP contribution in [0.15, 0.2) is 47.4 Å². The number of hydrogen-bond donors (Lipinski definition) is 1. The molecule has 4 rings (SSSR count). The van der Waals surface area contributed by atoms with Crippen molar-refractivity contribution >= 4 is 15.9 Å². The van der Waals surface area contributed by atoms with Crippen LogP contribution in [0, 0.1) is 5.92 Å². The number of carbonyl (C=O) groups excluding carboxylic acids is 1. The molecule has 1 atom stereocenters. The van der Waals surface area contributed by atoms with Crippen molar-refractivity contribution in [2.45, 2.75) is 43.0 Å². The first-order chi connectivity index (χ1) is 16.3. The minimum absolute atomic E-state index is 0.00468. The molecule has 184 valence electrons. The lowest BCUT2D eigenvalue weighted by atomic mass is 9.97. The van der Waals surface area contributed by atoms with Crippen molar-refractivity contribution in [3.05, 3.63) is 59.2 Å². The van der Waals surface area contributed by atoms with Crippen LogP contribution in [-0.4, -0.2) is 64.4 Å². The number of piperidine rings is 1. The van der Waals surface area contributed by atoms with Crippen molar-refractivity contribution in [1.29, 1.82) is 0 Å². The summed E-state index contributed by atoms with van der Waals surface area (Å²) in [4.78, 5) is 15.3. The minimum atomic E-state index is -3.53. The van der Waals surface area contributed by atoms with Crippen molar-refractivity contribution in [2.75, 3.05) is 40.8 Å². The van der Waals surface area contributed by atoms with Gasteiger partial charge < -0.3 is 15.0 Å². The highest BCUT2D eigenvalue weighted by atomic mass is 32.2. The van der Waals surface area contributed by atoms with Gasteiger partial charge >= 0.3 is 0 Å². The van der Waals surface area contributed by atoms with E-state index in [1.807, 2.05) is 50.5 Å². The minimum Gasteiger partial charge on any atom is -0.497 e. The molecule has 0 bridgehead atoms. The molecule has 7 nitrogen and oxygen atoms in total. The summed E-state index contributed by atoms with van der Waals surface area (Å²) in [7, 11) is 2.09. The number of aryl methyl sites for hydroxylation is 2. The van der Waals surface area contributed by atoms with Crippen LogP contribution >= 0.6 is 0 Å². The number of hydrogen-bond acceptors (Lipinski definition) is 5. The van der Waals surface area contributed by atoms with Crippen LogP contribution in [0.3, 0.4) is 0 Å². The van der Waals surface area contributed by atoms with Gasteiger partial charge in [-0.15, -0.1) is 0 Å². The highest BCUT2D eigenvalue weighted by Gasteiger charge is 2.33. The second-order valence-electron chi connectivity index (χ2n) is 9.46. The highest BCUT2D eigenvalue weighted by molar-refractivity contribution is 7.89. The summed E-state index contributed by atoms with van der Waals surface area (Å²) in [5.74, 6) is 0.618. The Morgan fingerprint density at radius 3 is 2.41 bits per heavy atom. The molecule has 0 saturated carbocycles. The van der Waals surface area contributed by atoms with E-state index in [2.05, 4.69) is 10.2 Å². The number of fused-ring (bicyclic) bond motifs is 1. The number of benzene rings is 2. The largest absolute Gasteiger partial charge is 0.497 e. The number of rotatable bonds is 8. The number of carbonyl (C=O) groups is 1. The van der Waals surface area contributed by atoms with E-state index in [1.54, 1.807) is 13.2 Å². The lowest BCUT2D eigenvalue weighted by molar-refractivity contribution is -0.126. The first kappa shape index (κ1) is 24.7. The Morgan fingerprint density at radius 2 is 1.76 bits per heavy atom. The number of ether oxygens (including phenoxy) is 1. The third kappa shape index (κ3) is 5.29. The zero-order chi connectivity index (χ0) is 24.3. The fourth-order valence-electron chi connectivity index (χ4n) is 4.98. The van der Waals surface area contributed by atoms with E-state index in [4.69, 9.17) is 4.74 Å². The average molecular weight is 486 g/mol. The van der Waals surface area contributed by atoms with Gasteiger partial charge in [0.1, 0.15) is 5.75 Å². The maximum absolute atomic E-state index is 13.2. The average Bonchev–Trinajstić information content (AvgIpc) is 3.32. The molecule has 1 aliphatic carbocycles. The molecular weight excluding hydrogens is 450 g/mol. The van der Waals surface area contributed by atoms with Crippen molar-refractivity contribution < 1.29 is 17.9 Å². The van der Waals surface area contributed by atoms with E-state index >= 15 is 0 Å². The summed E-state index contributed by atoms with van der Waals surface area (Å²) >= 11 is 0. The fourth-order valence-corrected chi connectivity index (χ4v) is 6.50. The molecular formula is C26H35N3O4S. The zero-order valence-electron chi connectivity index (χ0n) is 20.3. The molecule has 1 aliphatic heterocycles. The number of methoxy groups -OCH3 is 1. The first-order valence-corrected chi connectivity index (χ1v) is 13.4. The van der Waals surface area contributed by atoms with E-state index in [1.165, 1.54) is 9.87 Å². The second-order valence-corrected chi connectivity index (χ2v) is 11.4. The summed E-state index contributed by atoms with van der Waals surface area (Å²) in [5.41, 5.74) is 3.52. The van der Waals surface area contributed by atoms with Crippen LogP contribution in [-0.2, 0) is 27.7 Å². The normalized spacial score (nSPS) is 18.0. The zero-order valence-corrected chi connectivity index (χ0v) is 21.1. The third-order valence-electron chi connectivity index (χ3n) is 7.13. The van der Waals surface area contributed by atoms with E-state index < -0.39 is 10.0 Å². The lowest BCUT2D eigenvalue weighted by Gasteiger charge is -2.31. The Bertz CT molecular complexity index is 1110. The molecule has 0 radical (unpaired) electrons. The maximum atomic E-state index is 13.2. The molecule has 0 spiro atoms. The fraction of sp³-hybridized carbons (Fsp3) is 0.500. The standard InChI is InChI=1S/C26H35N3O4S/c1-28(2)25(20-7-10-23(33-3)11-8-20)18-27-26(30)21-13-15-29(16-14-21)34(31,32)24-12-9-19-5-4-6-22(19)17-24/h7-12,17,21,25H,4-6,13-16,18H2,1-3H3,(H,27,30). The summed E-state index contributed by atoms with van der Waals surface area (Å²) in [5, 5.41) is 3.09. The SMILES string of the molecule is COc1ccc(C(CNC(=O)C2CCN(S(=O)(=O)c3ccc4c(c3)CCC4)CC2)N(C)C)cc1. The second kappa shape index (κ2) is 10.5. The predicted molar refractivity (Wildman–Crippen MR) is 132 cm³/mol. The van der Waals surface area contributed by atoms with Gasteiger partial charge in [-0.05, 0) is 87.2 Å². The van der Waals surface area contributed by atoms with Gasteiger partial charge in [0.2, 0.25) is 15.9 Å². The van der Waals surface area contributed by atoms with Crippen molar-refractivity contribution in [3.63, 3.8) is 0 Å². The quantitative estimate of drug-likeness (QED) is 0.622. The summed E-state index contributed by atoms with van der Waals surface area (Å²) in [6.45, 7) is 1.23. The smallest absolute Gasteiger partial charge is 0.243 e. The first-order valence-electron chi connectivity index (χ1n) is 12.0. The Labute approximate surface area is 203 Å². The molecule has 2 aromatic rings. The van der Waals surface area contributed by atoms with Crippen LogP contribution in [0.4, 0.5) is 0 Å². The monoisotopic (exact) mass is 485 g/mol. The van der Waals surface area contributed by atoms with Crippen LogP contribution < -0.4 is 10.1 Å². The summed E-state index contributed by atoms with van der Waals surface area (Å²) < 4.78 is 33.1. The third-order valence-corrected chi connectivity index (χ3v) is 9.02. The molecule has 34 heavy (non-hydrogen) atoms.